The SMILES string of the molecule is C=NC12CCCC(Cc3c1nn(C)c3-c1cc(F)c(F)c(F)c1)N2C(=O)c1cnc2c(c1)OCCC2. The number of carbonyl (C=O) groups is 1. The van der Waals surface area contributed by atoms with Crippen molar-refractivity contribution < 1.29 is 22.7 Å². The first-order chi connectivity index (χ1) is 17.3. The lowest BCUT2D eigenvalue weighted by atomic mass is 9.77. The summed E-state index contributed by atoms with van der Waals surface area (Å²) in [6.07, 6.45) is 5.71. The molecule has 2 atom stereocenters. The van der Waals surface area contributed by atoms with E-state index in [1.54, 1.807) is 24.2 Å². The Hall–Kier alpha value is -3.69. The molecule has 2 bridgehead atoms. The average molecular weight is 496 g/mol. The molecule has 10 heteroatoms. The molecule has 0 spiro atoms. The number of aromatic nitrogens is 3. The van der Waals surface area contributed by atoms with Crippen molar-refractivity contribution in [2.75, 3.05) is 6.61 Å². The van der Waals surface area contributed by atoms with Gasteiger partial charge in [0.05, 0.1) is 23.6 Å². The molecular weight excluding hydrogens is 471 g/mol. The molecule has 3 aliphatic heterocycles. The first kappa shape index (κ1) is 22.8. The Kier molecular flexibility index (Phi) is 5.17. The highest BCUT2D eigenvalue weighted by Crippen LogP contribution is 2.50. The lowest BCUT2D eigenvalue weighted by Gasteiger charge is -2.51. The number of piperidine rings is 1. The normalized spacial score (nSPS) is 22.4. The van der Waals surface area contributed by atoms with Crippen LogP contribution in [0.3, 0.4) is 0 Å². The zero-order chi connectivity index (χ0) is 25.2. The van der Waals surface area contributed by atoms with Crippen molar-refractivity contribution in [1.29, 1.82) is 0 Å². The smallest absolute Gasteiger partial charge is 0.258 e. The Morgan fingerprint density at radius 1 is 1.22 bits per heavy atom. The number of pyridine rings is 1. The third-order valence-electron chi connectivity index (χ3n) is 7.52. The summed E-state index contributed by atoms with van der Waals surface area (Å²) in [5, 5.41) is 4.68. The number of carbonyl (C=O) groups excluding carboxylic acids is 1. The predicted octanol–water partition coefficient (Wildman–Crippen LogP) is 4.33. The molecule has 7 nitrogen and oxygen atoms in total. The topological polar surface area (TPSA) is 72.6 Å². The summed E-state index contributed by atoms with van der Waals surface area (Å²) in [4.78, 5) is 24.6. The molecule has 1 saturated heterocycles. The van der Waals surface area contributed by atoms with Crippen LogP contribution in [0.25, 0.3) is 11.3 Å². The van der Waals surface area contributed by atoms with Crippen molar-refractivity contribution in [3.8, 4) is 17.0 Å². The Bertz CT molecular complexity index is 1400. The molecule has 36 heavy (non-hydrogen) atoms. The third-order valence-corrected chi connectivity index (χ3v) is 7.52. The number of fused-ring (bicyclic) bond motifs is 5. The van der Waals surface area contributed by atoms with Crippen molar-refractivity contribution >= 4 is 12.6 Å². The average Bonchev–Trinajstić information content (AvgIpc) is 3.21. The molecule has 1 fully saturated rings. The van der Waals surface area contributed by atoms with Gasteiger partial charge in [0, 0.05) is 30.4 Å². The number of rotatable bonds is 3. The minimum atomic E-state index is -1.52. The summed E-state index contributed by atoms with van der Waals surface area (Å²) in [5.41, 5.74) is 2.00. The number of halogens is 3. The fourth-order valence-electron chi connectivity index (χ4n) is 5.96. The lowest BCUT2D eigenvalue weighted by Crippen LogP contribution is -2.60. The van der Waals surface area contributed by atoms with Crippen molar-refractivity contribution in [2.24, 2.45) is 12.0 Å². The second-order valence-electron chi connectivity index (χ2n) is 9.57. The predicted molar refractivity (Wildman–Crippen MR) is 125 cm³/mol. The number of hydrogen-bond acceptors (Lipinski definition) is 5. The maximum absolute atomic E-state index is 14.1. The largest absolute Gasteiger partial charge is 0.492 e. The maximum Gasteiger partial charge on any atom is 0.258 e. The van der Waals surface area contributed by atoms with E-state index < -0.39 is 23.1 Å². The second-order valence-corrected chi connectivity index (χ2v) is 9.57. The molecule has 2 unspecified atom stereocenters. The Labute approximate surface area is 205 Å². The minimum absolute atomic E-state index is 0.177. The monoisotopic (exact) mass is 495 g/mol. The Morgan fingerprint density at radius 3 is 2.75 bits per heavy atom. The van der Waals surface area contributed by atoms with E-state index in [1.807, 2.05) is 0 Å². The van der Waals surface area contributed by atoms with Crippen molar-refractivity contribution in [3.05, 3.63) is 64.4 Å². The van der Waals surface area contributed by atoms with Gasteiger partial charge < -0.3 is 9.64 Å². The van der Waals surface area contributed by atoms with Crippen molar-refractivity contribution in [3.63, 3.8) is 0 Å². The van der Waals surface area contributed by atoms with Crippen LogP contribution in [0.4, 0.5) is 13.2 Å². The number of nitrogens with zero attached hydrogens (tertiary/aromatic N) is 5. The zero-order valence-electron chi connectivity index (χ0n) is 19.7. The lowest BCUT2D eigenvalue weighted by molar-refractivity contribution is -0.00309. The number of ether oxygens (including phenoxy) is 1. The van der Waals surface area contributed by atoms with E-state index in [0.717, 1.165) is 49.1 Å². The van der Waals surface area contributed by atoms with Crippen LogP contribution in [-0.4, -0.2) is 44.9 Å². The summed E-state index contributed by atoms with van der Waals surface area (Å²) >= 11 is 0. The second kappa shape index (κ2) is 8.18. The molecule has 0 radical (unpaired) electrons. The number of aryl methyl sites for hydroxylation is 2. The van der Waals surface area contributed by atoms with Crippen LogP contribution in [0.15, 0.2) is 29.4 Å². The van der Waals surface area contributed by atoms with Gasteiger partial charge in [0.2, 0.25) is 0 Å². The molecule has 1 amide bonds. The van der Waals surface area contributed by atoms with Crippen molar-refractivity contribution in [2.45, 2.75) is 50.2 Å². The summed E-state index contributed by atoms with van der Waals surface area (Å²) < 4.78 is 49.1. The van der Waals surface area contributed by atoms with E-state index in [9.17, 15) is 18.0 Å². The number of benzene rings is 1. The van der Waals surface area contributed by atoms with Gasteiger partial charge in [-0.3, -0.25) is 19.5 Å². The van der Waals surface area contributed by atoms with E-state index in [1.165, 1.54) is 4.68 Å². The van der Waals surface area contributed by atoms with Gasteiger partial charge in [-0.2, -0.15) is 5.10 Å². The highest BCUT2D eigenvalue weighted by Gasteiger charge is 2.54. The maximum atomic E-state index is 14.1. The molecule has 6 rings (SSSR count). The molecule has 5 heterocycles. The van der Waals surface area contributed by atoms with Crippen LogP contribution in [-0.2, 0) is 25.6 Å². The number of aliphatic imine (C=N–C) groups is 1. The van der Waals surface area contributed by atoms with Gasteiger partial charge >= 0.3 is 0 Å². The molecule has 2 aromatic heterocycles. The molecular formula is C26H24F3N5O2. The van der Waals surface area contributed by atoms with Gasteiger partial charge in [0.15, 0.2) is 23.1 Å². The number of amides is 1. The molecule has 3 aromatic rings. The summed E-state index contributed by atoms with van der Waals surface area (Å²) in [5.74, 6) is -3.68. The fourth-order valence-corrected chi connectivity index (χ4v) is 5.96. The highest BCUT2D eigenvalue weighted by atomic mass is 19.2. The molecule has 3 aliphatic rings. The quantitative estimate of drug-likeness (QED) is 0.401. The third kappa shape index (κ3) is 3.19. The van der Waals surface area contributed by atoms with E-state index in [4.69, 9.17) is 4.74 Å². The standard InChI is InChI=1S/C26H24F3N5O2/c1-30-26-7-3-5-16(34(26)25(35)15-11-21-20(31-13-15)6-4-8-36-21)12-17-23(33(2)32-24(17)26)14-9-18(27)22(29)19(28)10-14/h9-11,13,16H,1,3-8,12H2,2H3. The molecule has 186 valence electrons. The van der Waals surface area contributed by atoms with Crippen LogP contribution >= 0.6 is 0 Å². The van der Waals surface area contributed by atoms with E-state index in [0.29, 0.717) is 42.1 Å². The van der Waals surface area contributed by atoms with Gasteiger partial charge in [-0.1, -0.05) is 0 Å². The molecule has 1 aromatic carbocycles. The zero-order valence-corrected chi connectivity index (χ0v) is 19.7. The summed E-state index contributed by atoms with van der Waals surface area (Å²) in [6.45, 7) is 4.42. The van der Waals surface area contributed by atoms with Crippen LogP contribution < -0.4 is 4.74 Å². The summed E-state index contributed by atoms with van der Waals surface area (Å²) in [6, 6.07) is 3.44. The van der Waals surface area contributed by atoms with E-state index >= 15 is 0 Å². The highest BCUT2D eigenvalue weighted by molar-refractivity contribution is 5.95. The van der Waals surface area contributed by atoms with Crippen molar-refractivity contribution in [1.82, 2.24) is 19.7 Å². The first-order valence-electron chi connectivity index (χ1n) is 12.0. The van der Waals surface area contributed by atoms with Gasteiger partial charge in [0.25, 0.3) is 5.91 Å². The fraction of sp³-hybridized carbons (Fsp3) is 0.385. The Morgan fingerprint density at radius 2 is 2.00 bits per heavy atom. The first-order valence-corrected chi connectivity index (χ1v) is 12.0. The van der Waals surface area contributed by atoms with Crippen LogP contribution in [0.1, 0.15) is 53.0 Å². The van der Waals surface area contributed by atoms with Gasteiger partial charge in [-0.15, -0.1) is 0 Å². The molecule has 0 saturated carbocycles. The molecule has 0 N–H and O–H groups in total. The van der Waals surface area contributed by atoms with Crippen LogP contribution in [0.5, 0.6) is 5.75 Å². The minimum Gasteiger partial charge on any atom is -0.492 e. The number of hydrogen-bond donors (Lipinski definition) is 0. The summed E-state index contributed by atoms with van der Waals surface area (Å²) in [7, 11) is 1.66. The van der Waals surface area contributed by atoms with Crippen LogP contribution in [0.2, 0.25) is 0 Å². The van der Waals surface area contributed by atoms with Gasteiger partial charge in [-0.05, 0) is 63.4 Å². The van der Waals surface area contributed by atoms with E-state index in [-0.39, 0.29) is 17.5 Å². The van der Waals surface area contributed by atoms with Gasteiger partial charge in [0.1, 0.15) is 11.4 Å². The Balaban J connectivity index is 1.47. The van der Waals surface area contributed by atoms with Gasteiger partial charge in [-0.25, -0.2) is 13.2 Å². The van der Waals surface area contributed by atoms with Crippen LogP contribution in [0, 0.1) is 17.5 Å². The molecule has 0 aliphatic carbocycles. The van der Waals surface area contributed by atoms with E-state index in [2.05, 4.69) is 21.8 Å².